The van der Waals surface area contributed by atoms with Crippen LogP contribution in [0.25, 0.3) is 0 Å². The zero-order valence-electron chi connectivity index (χ0n) is 20.2. The molecule has 0 bridgehead atoms. The predicted molar refractivity (Wildman–Crippen MR) is 142 cm³/mol. The molecule has 3 aromatic rings. The summed E-state index contributed by atoms with van der Waals surface area (Å²) in [5.41, 5.74) is 5.68. The lowest BCUT2D eigenvalue weighted by Crippen LogP contribution is -2.37. The average molecular weight is 528 g/mol. The molecule has 3 rings (SSSR count). The first-order valence-electron chi connectivity index (χ1n) is 11.2. The lowest BCUT2D eigenvalue weighted by Gasteiger charge is -2.13. The van der Waals surface area contributed by atoms with E-state index >= 15 is 0 Å². The van der Waals surface area contributed by atoms with Crippen molar-refractivity contribution in [2.24, 2.45) is 5.10 Å². The molecule has 188 valence electrons. The number of rotatable bonds is 9. The number of nitrogens with zero attached hydrogens (tertiary/aromatic N) is 1. The van der Waals surface area contributed by atoms with Crippen molar-refractivity contribution in [2.45, 2.75) is 32.9 Å². The highest BCUT2D eigenvalue weighted by Crippen LogP contribution is 2.31. The normalized spacial score (nSPS) is 10.9. The summed E-state index contributed by atoms with van der Waals surface area (Å²) in [6, 6.07) is 18.3. The molecule has 36 heavy (non-hydrogen) atoms. The molecule has 0 unspecified atom stereocenters. The maximum absolute atomic E-state index is 12.2. The van der Waals surface area contributed by atoms with Crippen molar-refractivity contribution in [2.75, 3.05) is 7.11 Å². The van der Waals surface area contributed by atoms with Gasteiger partial charge >= 0.3 is 11.8 Å². The van der Waals surface area contributed by atoms with Gasteiger partial charge in [0, 0.05) is 12.1 Å². The monoisotopic (exact) mass is 527 g/mol. The van der Waals surface area contributed by atoms with E-state index in [1.165, 1.54) is 18.9 Å². The Kier molecular flexibility index (Phi) is 9.73. The van der Waals surface area contributed by atoms with Gasteiger partial charge in [-0.1, -0.05) is 73.4 Å². The summed E-state index contributed by atoms with van der Waals surface area (Å²) in [7, 11) is 1.52. The second kappa shape index (κ2) is 13.0. The number of benzene rings is 3. The molecular formula is C27H27Cl2N3O4. The Morgan fingerprint density at radius 2 is 1.69 bits per heavy atom. The van der Waals surface area contributed by atoms with Gasteiger partial charge in [-0.05, 0) is 46.9 Å². The molecule has 0 saturated carbocycles. The molecule has 0 radical (unpaired) electrons. The van der Waals surface area contributed by atoms with Crippen molar-refractivity contribution in [1.29, 1.82) is 0 Å². The zero-order chi connectivity index (χ0) is 26.1. The minimum Gasteiger partial charge on any atom is -0.493 e. The Morgan fingerprint density at radius 1 is 0.972 bits per heavy atom. The molecule has 0 aliphatic rings. The molecule has 0 aliphatic carbocycles. The molecule has 3 aromatic carbocycles. The smallest absolute Gasteiger partial charge is 0.329 e. The predicted octanol–water partition coefficient (Wildman–Crippen LogP) is 5.47. The molecule has 0 spiro atoms. The number of carbonyl (C=O) groups excluding carboxylic acids is 2. The van der Waals surface area contributed by atoms with E-state index in [1.807, 2.05) is 24.3 Å². The van der Waals surface area contributed by atoms with E-state index in [9.17, 15) is 9.59 Å². The summed E-state index contributed by atoms with van der Waals surface area (Å²) in [6.07, 6.45) is 1.38. The fourth-order valence-corrected chi connectivity index (χ4v) is 3.55. The van der Waals surface area contributed by atoms with Crippen LogP contribution in [0.2, 0.25) is 10.0 Å². The Hall–Kier alpha value is -3.55. The summed E-state index contributed by atoms with van der Waals surface area (Å²) < 4.78 is 11.3. The van der Waals surface area contributed by atoms with Crippen LogP contribution < -0.4 is 20.2 Å². The number of hydrogen-bond acceptors (Lipinski definition) is 5. The van der Waals surface area contributed by atoms with Crippen LogP contribution in [0.5, 0.6) is 11.5 Å². The van der Waals surface area contributed by atoms with Crippen molar-refractivity contribution in [3.63, 3.8) is 0 Å². The molecular weight excluding hydrogens is 501 g/mol. The van der Waals surface area contributed by atoms with E-state index in [0.29, 0.717) is 33.0 Å². The van der Waals surface area contributed by atoms with Crippen LogP contribution in [0.4, 0.5) is 0 Å². The number of para-hydroxylation sites is 1. The molecule has 2 amide bonds. The quantitative estimate of drug-likeness (QED) is 0.219. The number of amides is 2. The van der Waals surface area contributed by atoms with E-state index in [4.69, 9.17) is 32.7 Å². The molecule has 0 aromatic heterocycles. The molecule has 0 fully saturated rings. The lowest BCUT2D eigenvalue weighted by molar-refractivity contribution is -0.139. The fraction of sp³-hybridized carbons (Fsp3) is 0.222. The number of hydrogen-bond donors (Lipinski definition) is 2. The Morgan fingerprint density at radius 3 is 2.36 bits per heavy atom. The second-order valence-corrected chi connectivity index (χ2v) is 9.01. The molecule has 2 N–H and O–H groups in total. The number of halogens is 2. The highest BCUT2D eigenvalue weighted by molar-refractivity contribution is 6.42. The third-order valence-electron chi connectivity index (χ3n) is 5.27. The van der Waals surface area contributed by atoms with E-state index < -0.39 is 11.8 Å². The maximum atomic E-state index is 12.2. The fourth-order valence-electron chi connectivity index (χ4n) is 3.23. The van der Waals surface area contributed by atoms with Crippen LogP contribution in [0.1, 0.15) is 42.0 Å². The van der Waals surface area contributed by atoms with E-state index in [2.05, 4.69) is 29.7 Å². The highest BCUT2D eigenvalue weighted by atomic mass is 35.5. The molecule has 9 heteroatoms. The number of nitrogens with one attached hydrogen (secondary N) is 2. The third kappa shape index (κ3) is 7.47. The first kappa shape index (κ1) is 27.0. The van der Waals surface area contributed by atoms with Crippen molar-refractivity contribution in [1.82, 2.24) is 10.7 Å². The third-order valence-corrected chi connectivity index (χ3v) is 6.01. The standard InChI is InChI=1S/C27H27Cl2N3O4/c1-17(2)20-10-7-18(8-11-20)14-30-26(33)27(34)32-31-15-21-5-4-6-24(35-3)25(21)36-16-19-9-12-22(28)23(29)13-19/h4-13,15,17H,14,16H2,1-3H3,(H,30,33)(H,32,34)/b31-15-. The largest absolute Gasteiger partial charge is 0.493 e. The number of hydrazone groups is 1. The van der Waals surface area contributed by atoms with Crippen molar-refractivity contribution in [3.05, 3.63) is 93.0 Å². The molecule has 0 heterocycles. The highest BCUT2D eigenvalue weighted by Gasteiger charge is 2.14. The summed E-state index contributed by atoms with van der Waals surface area (Å²) in [5, 5.41) is 7.37. The van der Waals surface area contributed by atoms with Gasteiger partial charge in [0.2, 0.25) is 0 Å². The van der Waals surface area contributed by atoms with Gasteiger partial charge in [0.05, 0.1) is 23.4 Å². The van der Waals surface area contributed by atoms with E-state index in [1.54, 1.807) is 36.4 Å². The molecule has 0 aliphatic heterocycles. The first-order valence-corrected chi connectivity index (χ1v) is 12.0. The van der Waals surface area contributed by atoms with Crippen LogP contribution >= 0.6 is 23.2 Å². The number of ether oxygens (including phenoxy) is 2. The minimum atomic E-state index is -0.883. The summed E-state index contributed by atoms with van der Waals surface area (Å²) in [5.74, 6) is -0.360. The Balaban J connectivity index is 1.59. The SMILES string of the molecule is COc1cccc(/C=N\NC(=O)C(=O)NCc2ccc(C(C)C)cc2)c1OCc1ccc(Cl)c(Cl)c1. The van der Waals surface area contributed by atoms with Gasteiger partial charge in [-0.3, -0.25) is 9.59 Å². The van der Waals surface area contributed by atoms with Crippen molar-refractivity contribution in [3.8, 4) is 11.5 Å². The molecule has 0 saturated heterocycles. The van der Waals surface area contributed by atoms with Gasteiger partial charge in [-0.2, -0.15) is 5.10 Å². The van der Waals surface area contributed by atoms with Crippen LogP contribution in [-0.4, -0.2) is 25.1 Å². The van der Waals surface area contributed by atoms with E-state index in [-0.39, 0.29) is 13.2 Å². The van der Waals surface area contributed by atoms with Gasteiger partial charge in [-0.15, -0.1) is 0 Å². The van der Waals surface area contributed by atoms with Crippen LogP contribution in [-0.2, 0) is 22.7 Å². The summed E-state index contributed by atoms with van der Waals surface area (Å²) in [4.78, 5) is 24.3. The van der Waals surface area contributed by atoms with Gasteiger partial charge in [0.25, 0.3) is 0 Å². The Bertz CT molecular complexity index is 1240. The van der Waals surface area contributed by atoms with Crippen molar-refractivity contribution < 1.29 is 19.1 Å². The molecule has 7 nitrogen and oxygen atoms in total. The van der Waals surface area contributed by atoms with Crippen molar-refractivity contribution >= 4 is 41.2 Å². The first-order chi connectivity index (χ1) is 17.3. The average Bonchev–Trinajstić information content (AvgIpc) is 2.88. The van der Waals surface area contributed by atoms with Gasteiger partial charge in [0.15, 0.2) is 11.5 Å². The summed E-state index contributed by atoms with van der Waals surface area (Å²) >= 11 is 12.0. The van der Waals surface area contributed by atoms with Gasteiger partial charge in [-0.25, -0.2) is 5.43 Å². The topological polar surface area (TPSA) is 89.0 Å². The van der Waals surface area contributed by atoms with Crippen LogP contribution in [0, 0.1) is 0 Å². The van der Waals surface area contributed by atoms with Crippen LogP contribution in [0.3, 0.4) is 0 Å². The van der Waals surface area contributed by atoms with Gasteiger partial charge in [0.1, 0.15) is 6.61 Å². The summed E-state index contributed by atoms with van der Waals surface area (Å²) in [6.45, 7) is 4.65. The second-order valence-electron chi connectivity index (χ2n) is 8.19. The van der Waals surface area contributed by atoms with Crippen LogP contribution in [0.15, 0.2) is 65.8 Å². The number of carbonyl (C=O) groups is 2. The van der Waals surface area contributed by atoms with Gasteiger partial charge < -0.3 is 14.8 Å². The maximum Gasteiger partial charge on any atom is 0.329 e. The number of methoxy groups -OCH3 is 1. The molecule has 0 atom stereocenters. The Labute approximate surface area is 220 Å². The van der Waals surface area contributed by atoms with E-state index in [0.717, 1.165) is 11.1 Å². The lowest BCUT2D eigenvalue weighted by atomic mass is 10.0. The zero-order valence-corrected chi connectivity index (χ0v) is 21.7. The minimum absolute atomic E-state index is 0.199.